The summed E-state index contributed by atoms with van der Waals surface area (Å²) in [5, 5.41) is 13.5. The van der Waals surface area contributed by atoms with Crippen molar-refractivity contribution in [3.8, 4) is 11.4 Å². The van der Waals surface area contributed by atoms with Crippen LogP contribution in [0.3, 0.4) is 0 Å². The van der Waals surface area contributed by atoms with Crippen molar-refractivity contribution in [2.75, 3.05) is 0 Å². The van der Waals surface area contributed by atoms with Crippen molar-refractivity contribution in [3.63, 3.8) is 0 Å². The predicted octanol–water partition coefficient (Wildman–Crippen LogP) is 2.56. The molecule has 0 saturated carbocycles. The molecule has 9 heteroatoms. The van der Waals surface area contributed by atoms with Crippen LogP contribution in [0.15, 0.2) is 46.3 Å². The lowest BCUT2D eigenvalue weighted by Crippen LogP contribution is -2.11. The van der Waals surface area contributed by atoms with E-state index in [1.54, 1.807) is 16.6 Å². The Hall–Kier alpha value is -2.94. The molecule has 4 aromatic rings. The molecule has 0 bridgehead atoms. The Kier molecular flexibility index (Phi) is 4.08. The molecule has 0 spiro atoms. The van der Waals surface area contributed by atoms with Gasteiger partial charge >= 0.3 is 0 Å². The van der Waals surface area contributed by atoms with Crippen LogP contribution in [-0.2, 0) is 12.8 Å². The molecule has 0 unspecified atom stereocenters. The minimum atomic E-state index is -0.293. The highest BCUT2D eigenvalue weighted by Crippen LogP contribution is 2.25. The summed E-state index contributed by atoms with van der Waals surface area (Å²) in [7, 11) is 1.85. The zero-order valence-corrected chi connectivity index (χ0v) is 14.9. The molecule has 0 aliphatic rings. The first-order valence-corrected chi connectivity index (χ1v) is 8.86. The van der Waals surface area contributed by atoms with Gasteiger partial charge in [0, 0.05) is 30.5 Å². The van der Waals surface area contributed by atoms with Gasteiger partial charge in [0.05, 0.1) is 11.4 Å². The molecule has 0 saturated heterocycles. The molecule has 3 heterocycles. The first-order valence-electron chi connectivity index (χ1n) is 7.88. The van der Waals surface area contributed by atoms with Gasteiger partial charge in [0.15, 0.2) is 11.0 Å². The molecule has 1 aromatic carbocycles. The summed E-state index contributed by atoms with van der Waals surface area (Å²) in [6.45, 7) is 1.87. The van der Waals surface area contributed by atoms with E-state index in [9.17, 15) is 9.18 Å². The molecule has 7 nitrogen and oxygen atoms in total. The van der Waals surface area contributed by atoms with Crippen molar-refractivity contribution in [1.29, 1.82) is 0 Å². The van der Waals surface area contributed by atoms with E-state index in [-0.39, 0.29) is 11.4 Å². The summed E-state index contributed by atoms with van der Waals surface area (Å²) in [5.74, 6) is 0.869. The number of aromatic amines is 1. The van der Waals surface area contributed by atoms with Crippen molar-refractivity contribution in [2.24, 2.45) is 7.05 Å². The SMILES string of the molecule is Cc1cc2[nH]c(=O)cc(CSc3nnc(-c4ccc(F)cc4)n3C)n2n1. The van der Waals surface area contributed by atoms with Crippen LogP contribution < -0.4 is 5.56 Å². The van der Waals surface area contributed by atoms with Gasteiger partial charge in [-0.25, -0.2) is 8.91 Å². The summed E-state index contributed by atoms with van der Waals surface area (Å²) >= 11 is 1.45. The summed E-state index contributed by atoms with van der Waals surface area (Å²) in [6.07, 6.45) is 0. The maximum Gasteiger partial charge on any atom is 0.251 e. The number of thioether (sulfide) groups is 1. The van der Waals surface area contributed by atoms with E-state index < -0.39 is 0 Å². The minimum Gasteiger partial charge on any atom is -0.307 e. The van der Waals surface area contributed by atoms with Crippen LogP contribution in [0.25, 0.3) is 17.0 Å². The number of nitrogens with zero attached hydrogens (tertiary/aromatic N) is 5. The molecule has 3 aromatic heterocycles. The highest BCUT2D eigenvalue weighted by Gasteiger charge is 2.13. The maximum atomic E-state index is 13.1. The molecule has 0 fully saturated rings. The second-order valence-corrected chi connectivity index (χ2v) is 6.81. The van der Waals surface area contributed by atoms with E-state index in [0.29, 0.717) is 22.4 Å². The highest BCUT2D eigenvalue weighted by atomic mass is 32.2. The average Bonchev–Trinajstić information content (AvgIpc) is 3.15. The van der Waals surface area contributed by atoms with Gasteiger partial charge in [0.1, 0.15) is 11.5 Å². The van der Waals surface area contributed by atoms with E-state index in [4.69, 9.17) is 0 Å². The Balaban J connectivity index is 1.61. The van der Waals surface area contributed by atoms with Gasteiger partial charge in [-0.1, -0.05) is 11.8 Å². The molecular weight excluding hydrogens is 355 g/mol. The van der Waals surface area contributed by atoms with Crippen molar-refractivity contribution in [3.05, 3.63) is 64.0 Å². The number of hydrogen-bond donors (Lipinski definition) is 1. The van der Waals surface area contributed by atoms with E-state index in [1.807, 2.05) is 24.6 Å². The Morgan fingerprint density at radius 3 is 2.73 bits per heavy atom. The highest BCUT2D eigenvalue weighted by molar-refractivity contribution is 7.98. The maximum absolute atomic E-state index is 13.1. The minimum absolute atomic E-state index is 0.169. The second kappa shape index (κ2) is 6.41. The number of nitrogens with one attached hydrogen (secondary N) is 1. The van der Waals surface area contributed by atoms with E-state index >= 15 is 0 Å². The van der Waals surface area contributed by atoms with Crippen molar-refractivity contribution < 1.29 is 4.39 Å². The molecule has 132 valence electrons. The van der Waals surface area contributed by atoms with E-state index in [2.05, 4.69) is 20.3 Å². The standard InChI is InChI=1S/C17H15FN6OS/c1-10-7-14-19-15(25)8-13(24(14)22-10)9-26-17-21-20-16(23(17)2)11-3-5-12(18)6-4-11/h3-8H,9H2,1-2H3,(H,19,25). The molecule has 0 radical (unpaired) electrons. The van der Waals surface area contributed by atoms with Gasteiger partial charge < -0.3 is 9.55 Å². The number of halogens is 1. The first kappa shape index (κ1) is 16.5. The molecule has 1 N–H and O–H groups in total. The van der Waals surface area contributed by atoms with Gasteiger partial charge in [-0.3, -0.25) is 4.79 Å². The normalized spacial score (nSPS) is 11.3. The smallest absolute Gasteiger partial charge is 0.251 e. The summed E-state index contributed by atoms with van der Waals surface area (Å²) in [4.78, 5) is 14.6. The third kappa shape index (κ3) is 3.01. The molecular formula is C17H15FN6OS. The average molecular weight is 370 g/mol. The summed E-state index contributed by atoms with van der Waals surface area (Å²) < 4.78 is 16.7. The fraction of sp³-hybridized carbons (Fsp3) is 0.176. The topological polar surface area (TPSA) is 80.9 Å². The van der Waals surface area contributed by atoms with Crippen LogP contribution in [0.4, 0.5) is 4.39 Å². The molecule has 0 aliphatic carbocycles. The van der Waals surface area contributed by atoms with Crippen LogP contribution in [-0.4, -0.2) is 29.4 Å². The molecule has 0 aliphatic heterocycles. The third-order valence-electron chi connectivity index (χ3n) is 3.94. The molecule has 0 amide bonds. The fourth-order valence-electron chi connectivity index (χ4n) is 2.71. The molecule has 26 heavy (non-hydrogen) atoms. The second-order valence-electron chi connectivity index (χ2n) is 5.87. The van der Waals surface area contributed by atoms with Crippen LogP contribution in [0.2, 0.25) is 0 Å². The van der Waals surface area contributed by atoms with Gasteiger partial charge in [-0.15, -0.1) is 10.2 Å². The Labute approximate surface area is 151 Å². The Morgan fingerprint density at radius 2 is 1.96 bits per heavy atom. The van der Waals surface area contributed by atoms with Gasteiger partial charge in [-0.2, -0.15) is 5.10 Å². The van der Waals surface area contributed by atoms with Crippen molar-refractivity contribution in [1.82, 2.24) is 29.4 Å². The van der Waals surface area contributed by atoms with Gasteiger partial charge in [0.2, 0.25) is 0 Å². The lowest BCUT2D eigenvalue weighted by atomic mass is 10.2. The Bertz CT molecular complexity index is 1140. The largest absolute Gasteiger partial charge is 0.307 e. The number of H-pyrrole nitrogens is 1. The van der Waals surface area contributed by atoms with Crippen LogP contribution in [0.5, 0.6) is 0 Å². The lowest BCUT2D eigenvalue weighted by Gasteiger charge is -2.05. The van der Waals surface area contributed by atoms with Crippen molar-refractivity contribution in [2.45, 2.75) is 17.8 Å². The number of rotatable bonds is 4. The quantitative estimate of drug-likeness (QED) is 0.559. The number of fused-ring (bicyclic) bond motifs is 1. The van der Waals surface area contributed by atoms with Gasteiger partial charge in [0.25, 0.3) is 5.56 Å². The van der Waals surface area contributed by atoms with Gasteiger partial charge in [-0.05, 0) is 31.2 Å². The fourth-order valence-corrected chi connectivity index (χ4v) is 3.58. The monoisotopic (exact) mass is 370 g/mol. The van der Waals surface area contributed by atoms with E-state index in [0.717, 1.165) is 17.0 Å². The summed E-state index contributed by atoms with van der Waals surface area (Å²) in [5.41, 5.74) is 2.88. The van der Waals surface area contributed by atoms with Crippen LogP contribution >= 0.6 is 11.8 Å². The molecule has 4 rings (SSSR count). The number of aryl methyl sites for hydroxylation is 1. The summed E-state index contributed by atoms with van der Waals surface area (Å²) in [6, 6.07) is 9.48. The van der Waals surface area contributed by atoms with E-state index in [1.165, 1.54) is 30.0 Å². The number of benzene rings is 1. The number of hydrogen-bond acceptors (Lipinski definition) is 5. The lowest BCUT2D eigenvalue weighted by molar-refractivity contribution is 0.628. The Morgan fingerprint density at radius 1 is 1.19 bits per heavy atom. The van der Waals surface area contributed by atoms with Crippen molar-refractivity contribution >= 4 is 17.4 Å². The predicted molar refractivity (Wildman–Crippen MR) is 96.5 cm³/mol. The zero-order valence-electron chi connectivity index (χ0n) is 14.1. The first-order chi connectivity index (χ1) is 12.5. The van der Waals surface area contributed by atoms with Crippen LogP contribution in [0.1, 0.15) is 11.4 Å². The number of aromatic nitrogens is 6. The zero-order chi connectivity index (χ0) is 18.3. The third-order valence-corrected chi connectivity index (χ3v) is 4.99. The molecule has 0 atom stereocenters. The van der Waals surface area contributed by atoms with Crippen LogP contribution in [0, 0.1) is 12.7 Å².